The highest BCUT2D eigenvalue weighted by Crippen LogP contribution is 2.18. The maximum absolute atomic E-state index is 12.2. The van der Waals surface area contributed by atoms with Crippen LogP contribution in [-0.4, -0.2) is 22.0 Å². The maximum atomic E-state index is 12.2. The quantitative estimate of drug-likeness (QED) is 0.743. The van der Waals surface area contributed by atoms with Crippen LogP contribution >= 0.6 is 0 Å². The first-order valence-corrected chi connectivity index (χ1v) is 7.74. The second-order valence-corrected chi connectivity index (χ2v) is 6.06. The van der Waals surface area contributed by atoms with Crippen LogP contribution in [0.2, 0.25) is 0 Å². The first-order valence-electron chi connectivity index (χ1n) is 6.25. The highest BCUT2D eigenvalue weighted by molar-refractivity contribution is 7.89. The average molecular weight is 270 g/mol. The van der Waals surface area contributed by atoms with Crippen molar-refractivity contribution in [2.24, 2.45) is 0 Å². The van der Waals surface area contributed by atoms with Crippen LogP contribution in [0.15, 0.2) is 23.1 Å². The van der Waals surface area contributed by atoms with Gasteiger partial charge in [0.1, 0.15) is 0 Å². The van der Waals surface area contributed by atoms with Gasteiger partial charge in [-0.15, -0.1) is 0 Å². The zero-order chi connectivity index (χ0) is 13.6. The van der Waals surface area contributed by atoms with Crippen LogP contribution in [0.5, 0.6) is 0 Å². The van der Waals surface area contributed by atoms with Crippen LogP contribution in [0.4, 0.5) is 0 Å². The molecule has 0 aromatic heterocycles. The molecule has 102 valence electrons. The molecule has 0 saturated carbocycles. The minimum absolute atomic E-state index is 0.381. The zero-order valence-electron chi connectivity index (χ0n) is 11.3. The molecule has 1 aromatic carbocycles. The fourth-order valence-corrected chi connectivity index (χ4v) is 3.15. The van der Waals surface area contributed by atoms with Crippen molar-refractivity contribution in [2.75, 3.05) is 13.6 Å². The summed E-state index contributed by atoms with van der Waals surface area (Å²) in [5, 5.41) is 3.04. The molecule has 0 radical (unpaired) electrons. The first-order chi connectivity index (χ1) is 8.53. The molecule has 0 bridgehead atoms. The van der Waals surface area contributed by atoms with Crippen molar-refractivity contribution in [2.45, 2.75) is 38.1 Å². The number of sulfonamides is 1. The molecule has 2 N–H and O–H groups in total. The number of rotatable bonds is 7. The lowest BCUT2D eigenvalue weighted by Crippen LogP contribution is -2.25. The van der Waals surface area contributed by atoms with Gasteiger partial charge in [-0.2, -0.15) is 0 Å². The summed E-state index contributed by atoms with van der Waals surface area (Å²) in [6.45, 7) is 5.05. The molecule has 0 saturated heterocycles. The molecule has 4 nitrogen and oxygen atoms in total. The van der Waals surface area contributed by atoms with E-state index < -0.39 is 10.0 Å². The van der Waals surface area contributed by atoms with Gasteiger partial charge in [-0.25, -0.2) is 13.1 Å². The predicted octanol–water partition coefficient (Wildman–Crippen LogP) is 1.79. The van der Waals surface area contributed by atoms with Gasteiger partial charge in [0.15, 0.2) is 0 Å². The Hall–Kier alpha value is -0.910. The highest BCUT2D eigenvalue weighted by atomic mass is 32.2. The van der Waals surface area contributed by atoms with E-state index in [2.05, 4.69) is 10.0 Å². The molecule has 5 heteroatoms. The normalized spacial score (nSPS) is 11.7. The molecule has 0 amide bonds. The minimum Gasteiger partial charge on any atom is -0.316 e. The summed E-state index contributed by atoms with van der Waals surface area (Å²) in [6, 6.07) is 5.38. The largest absolute Gasteiger partial charge is 0.316 e. The van der Waals surface area contributed by atoms with Gasteiger partial charge in [0.2, 0.25) is 10.0 Å². The Bertz CT molecular complexity index is 484. The van der Waals surface area contributed by atoms with E-state index in [1.807, 2.05) is 27.0 Å². The highest BCUT2D eigenvalue weighted by Gasteiger charge is 2.17. The number of nitrogens with one attached hydrogen (secondary N) is 2. The summed E-state index contributed by atoms with van der Waals surface area (Å²) in [7, 11) is -1.53. The summed E-state index contributed by atoms with van der Waals surface area (Å²) in [4.78, 5) is 0.381. The van der Waals surface area contributed by atoms with Crippen molar-refractivity contribution in [1.82, 2.24) is 10.0 Å². The van der Waals surface area contributed by atoms with Crippen LogP contribution in [0, 0.1) is 6.92 Å². The molecule has 0 heterocycles. The van der Waals surface area contributed by atoms with Gasteiger partial charge in [-0.05, 0) is 37.6 Å². The van der Waals surface area contributed by atoms with Crippen LogP contribution in [0.25, 0.3) is 0 Å². The third-order valence-corrected chi connectivity index (χ3v) is 4.48. The van der Waals surface area contributed by atoms with E-state index in [0.29, 0.717) is 18.0 Å². The van der Waals surface area contributed by atoms with Gasteiger partial charge in [0, 0.05) is 13.1 Å². The molecule has 0 atom stereocenters. The average Bonchev–Trinajstić information content (AvgIpc) is 2.32. The van der Waals surface area contributed by atoms with Crippen molar-refractivity contribution in [1.29, 1.82) is 0 Å². The van der Waals surface area contributed by atoms with Gasteiger partial charge < -0.3 is 5.32 Å². The van der Waals surface area contributed by atoms with E-state index in [1.165, 1.54) is 0 Å². The molecule has 18 heavy (non-hydrogen) atoms. The molecule has 0 unspecified atom stereocenters. The molecule has 0 fully saturated rings. The lowest BCUT2D eigenvalue weighted by molar-refractivity contribution is 0.577. The molecule has 1 aromatic rings. The molecule has 0 aliphatic carbocycles. The van der Waals surface area contributed by atoms with Crippen LogP contribution in [0.1, 0.15) is 30.9 Å². The molecule has 0 aliphatic rings. The fraction of sp³-hybridized carbons (Fsp3) is 0.538. The summed E-state index contributed by atoms with van der Waals surface area (Å²) in [5.74, 6) is 0. The van der Waals surface area contributed by atoms with Gasteiger partial charge >= 0.3 is 0 Å². The third kappa shape index (κ3) is 3.80. The zero-order valence-corrected chi connectivity index (χ0v) is 12.1. The van der Waals surface area contributed by atoms with E-state index in [4.69, 9.17) is 0 Å². The monoisotopic (exact) mass is 270 g/mol. The standard InChI is InChI=1S/C13H22N2O2S/c1-4-5-9-15-18(16,17)13-8-6-7-12(10-14-3)11(13)2/h6-8,14-15H,4-5,9-10H2,1-3H3. The Labute approximate surface area is 110 Å². The van der Waals surface area contributed by atoms with Gasteiger partial charge in [0.05, 0.1) is 4.90 Å². The summed E-state index contributed by atoms with van der Waals surface area (Å²) >= 11 is 0. The maximum Gasteiger partial charge on any atom is 0.240 e. The smallest absolute Gasteiger partial charge is 0.240 e. The number of hydrogen-bond acceptors (Lipinski definition) is 3. The van der Waals surface area contributed by atoms with Crippen LogP contribution in [-0.2, 0) is 16.6 Å². The Kier molecular flexibility index (Phi) is 5.78. The summed E-state index contributed by atoms with van der Waals surface area (Å²) in [5.41, 5.74) is 1.83. The topological polar surface area (TPSA) is 58.2 Å². The molecule has 1 rings (SSSR count). The fourth-order valence-electron chi connectivity index (χ4n) is 1.79. The number of hydrogen-bond donors (Lipinski definition) is 2. The SMILES string of the molecule is CCCCNS(=O)(=O)c1cccc(CNC)c1C. The second-order valence-electron chi connectivity index (χ2n) is 4.32. The lowest BCUT2D eigenvalue weighted by atomic mass is 10.1. The van der Waals surface area contributed by atoms with Gasteiger partial charge in [-0.3, -0.25) is 0 Å². The van der Waals surface area contributed by atoms with E-state index >= 15 is 0 Å². The van der Waals surface area contributed by atoms with E-state index in [-0.39, 0.29) is 0 Å². The number of unbranched alkanes of at least 4 members (excludes halogenated alkanes) is 1. The lowest BCUT2D eigenvalue weighted by Gasteiger charge is -2.12. The van der Waals surface area contributed by atoms with Gasteiger partial charge in [0.25, 0.3) is 0 Å². The molecule has 0 spiro atoms. The van der Waals surface area contributed by atoms with E-state index in [9.17, 15) is 8.42 Å². The van der Waals surface area contributed by atoms with E-state index in [0.717, 1.165) is 24.0 Å². The Balaban J connectivity index is 2.98. The van der Waals surface area contributed by atoms with Crippen molar-refractivity contribution < 1.29 is 8.42 Å². The van der Waals surface area contributed by atoms with Crippen LogP contribution in [0.3, 0.4) is 0 Å². The van der Waals surface area contributed by atoms with Crippen molar-refractivity contribution in [3.63, 3.8) is 0 Å². The summed E-state index contributed by atoms with van der Waals surface area (Å²) < 4.78 is 26.9. The Morgan fingerprint density at radius 1 is 1.28 bits per heavy atom. The first kappa shape index (κ1) is 15.1. The Morgan fingerprint density at radius 2 is 2.00 bits per heavy atom. The Morgan fingerprint density at radius 3 is 2.61 bits per heavy atom. The van der Waals surface area contributed by atoms with Gasteiger partial charge in [-0.1, -0.05) is 25.5 Å². The van der Waals surface area contributed by atoms with E-state index in [1.54, 1.807) is 12.1 Å². The molecular formula is C13H22N2O2S. The third-order valence-electron chi connectivity index (χ3n) is 2.88. The summed E-state index contributed by atoms with van der Waals surface area (Å²) in [6.07, 6.45) is 1.83. The minimum atomic E-state index is -3.38. The second kappa shape index (κ2) is 6.87. The molecule has 0 aliphatic heterocycles. The molecular weight excluding hydrogens is 248 g/mol. The predicted molar refractivity (Wildman–Crippen MR) is 74.0 cm³/mol. The van der Waals surface area contributed by atoms with Crippen molar-refractivity contribution in [3.8, 4) is 0 Å². The van der Waals surface area contributed by atoms with Crippen LogP contribution < -0.4 is 10.0 Å². The van der Waals surface area contributed by atoms with Crippen molar-refractivity contribution >= 4 is 10.0 Å². The van der Waals surface area contributed by atoms with Crippen molar-refractivity contribution in [3.05, 3.63) is 29.3 Å². The number of benzene rings is 1.